The zero-order valence-corrected chi connectivity index (χ0v) is 8.92. The van der Waals surface area contributed by atoms with Crippen LogP contribution in [0.3, 0.4) is 0 Å². The van der Waals surface area contributed by atoms with E-state index in [9.17, 15) is 0 Å². The highest BCUT2D eigenvalue weighted by molar-refractivity contribution is 5.85. The number of benzene rings is 1. The predicted octanol–water partition coefficient (Wildman–Crippen LogP) is 1.95. The monoisotopic (exact) mass is 203 g/mol. The number of hydrogen-bond acceptors (Lipinski definition) is 2. The Balaban J connectivity index is 0. The van der Waals surface area contributed by atoms with E-state index in [1.165, 1.54) is 5.56 Å². The summed E-state index contributed by atoms with van der Waals surface area (Å²) in [5.41, 5.74) is 6.54. The maximum atomic E-state index is 8.06. The summed E-state index contributed by atoms with van der Waals surface area (Å²) in [5.74, 6) is 0. The van der Waals surface area contributed by atoms with Gasteiger partial charge in [0.05, 0.1) is 0 Å². The fourth-order valence-corrected chi connectivity index (χ4v) is 0.614. The lowest BCUT2D eigenvalue weighted by atomic mass is 10.2. The first-order chi connectivity index (χ1) is 5.66. The molecule has 0 radical (unpaired) electrons. The topological polar surface area (TPSA) is 46.2 Å². The first-order valence-corrected chi connectivity index (χ1v) is 4.09. The van der Waals surface area contributed by atoms with Crippen molar-refractivity contribution >= 4 is 12.4 Å². The Hall–Kier alpha value is -0.570. The Bertz CT molecular complexity index is 187. The van der Waals surface area contributed by atoms with Crippen molar-refractivity contribution in [1.29, 1.82) is 0 Å². The van der Waals surface area contributed by atoms with Crippen molar-refractivity contribution in [3.05, 3.63) is 35.9 Å². The van der Waals surface area contributed by atoms with Crippen LogP contribution in [-0.2, 0) is 6.54 Å². The number of aliphatic hydroxyl groups is 1. The van der Waals surface area contributed by atoms with E-state index in [2.05, 4.69) is 0 Å². The Kier molecular flexibility index (Phi) is 10.9. The lowest BCUT2D eigenvalue weighted by molar-refractivity contribution is 0.216. The number of halogens is 1. The molecule has 0 aliphatic heterocycles. The fourth-order valence-electron chi connectivity index (χ4n) is 0.614. The van der Waals surface area contributed by atoms with Crippen LogP contribution < -0.4 is 5.73 Å². The van der Waals surface area contributed by atoms with Crippen LogP contribution >= 0.6 is 12.4 Å². The lowest BCUT2D eigenvalue weighted by Crippen LogP contribution is -1.94. The quantitative estimate of drug-likeness (QED) is 0.733. The molecule has 13 heavy (non-hydrogen) atoms. The van der Waals surface area contributed by atoms with Gasteiger partial charge in [-0.25, -0.2) is 0 Å². The summed E-state index contributed by atoms with van der Waals surface area (Å²) in [4.78, 5) is 0. The third kappa shape index (κ3) is 11.4. The van der Waals surface area contributed by atoms with Crippen molar-refractivity contribution in [2.24, 2.45) is 5.73 Å². The van der Waals surface area contributed by atoms with Crippen molar-refractivity contribution in [3.8, 4) is 0 Å². The largest absolute Gasteiger partial charge is 0.394 e. The van der Waals surface area contributed by atoms with Gasteiger partial charge in [-0.15, -0.1) is 12.4 Å². The molecular weight excluding hydrogens is 186 g/mol. The predicted molar refractivity (Wildman–Crippen MR) is 58.9 cm³/mol. The number of aliphatic hydroxyl groups excluding tert-OH is 1. The van der Waals surface area contributed by atoms with Gasteiger partial charge in [0, 0.05) is 12.6 Å². The highest BCUT2D eigenvalue weighted by Crippen LogP contribution is 1.94. The molecule has 1 aromatic rings. The molecule has 1 rings (SSSR count). The van der Waals surface area contributed by atoms with Crippen molar-refractivity contribution in [3.63, 3.8) is 0 Å². The Morgan fingerprint density at radius 1 is 1.23 bits per heavy atom. The van der Waals surface area contributed by atoms with Crippen LogP contribution in [0.1, 0.15) is 19.4 Å². The van der Waals surface area contributed by atoms with Gasteiger partial charge in [-0.2, -0.15) is 0 Å². The van der Waals surface area contributed by atoms with Gasteiger partial charge >= 0.3 is 0 Å². The van der Waals surface area contributed by atoms with Gasteiger partial charge < -0.3 is 10.8 Å². The minimum absolute atomic E-state index is 0. The summed E-state index contributed by atoms with van der Waals surface area (Å²) in [7, 11) is 0. The number of nitrogens with two attached hydrogens (primary N) is 1. The van der Waals surface area contributed by atoms with Crippen molar-refractivity contribution in [1.82, 2.24) is 0 Å². The first kappa shape index (κ1) is 14.9. The van der Waals surface area contributed by atoms with Gasteiger partial charge in [-0.05, 0) is 19.4 Å². The van der Waals surface area contributed by atoms with Gasteiger partial charge in [0.15, 0.2) is 0 Å². The van der Waals surface area contributed by atoms with E-state index in [-0.39, 0.29) is 18.5 Å². The summed E-state index contributed by atoms with van der Waals surface area (Å²) in [6.07, 6.45) is -0.167. The van der Waals surface area contributed by atoms with E-state index in [4.69, 9.17) is 10.8 Å². The van der Waals surface area contributed by atoms with Crippen LogP contribution in [0.2, 0.25) is 0 Å². The van der Waals surface area contributed by atoms with Crippen LogP contribution in [0.25, 0.3) is 0 Å². The third-order valence-electron chi connectivity index (χ3n) is 1.08. The van der Waals surface area contributed by atoms with Crippen LogP contribution in [-0.4, -0.2) is 11.2 Å². The van der Waals surface area contributed by atoms with Gasteiger partial charge in [0.1, 0.15) is 0 Å². The second-order valence-corrected chi connectivity index (χ2v) is 2.78. The summed E-state index contributed by atoms with van der Waals surface area (Å²) >= 11 is 0. The lowest BCUT2D eigenvalue weighted by Gasteiger charge is -1.90. The number of rotatable bonds is 1. The van der Waals surface area contributed by atoms with Gasteiger partial charge in [0.2, 0.25) is 0 Å². The molecule has 0 amide bonds. The molecule has 0 fully saturated rings. The average molecular weight is 204 g/mol. The first-order valence-electron chi connectivity index (χ1n) is 4.09. The maximum absolute atomic E-state index is 8.06. The Morgan fingerprint density at radius 3 is 1.85 bits per heavy atom. The number of hydrogen-bond donors (Lipinski definition) is 2. The maximum Gasteiger partial charge on any atom is 0.0483 e. The third-order valence-corrected chi connectivity index (χ3v) is 1.08. The standard InChI is InChI=1S/C7H9N.C3H8O.ClH/c8-6-7-4-2-1-3-5-7;1-3(2)4;/h1-5H,6,8H2;3-4H,1-2H3;1H. The van der Waals surface area contributed by atoms with Crippen molar-refractivity contribution in [2.45, 2.75) is 26.5 Å². The molecular formula is C10H18ClNO. The second-order valence-electron chi connectivity index (χ2n) is 2.78. The molecule has 0 atom stereocenters. The van der Waals surface area contributed by atoms with E-state index in [1.54, 1.807) is 13.8 Å². The molecule has 76 valence electrons. The smallest absolute Gasteiger partial charge is 0.0483 e. The minimum Gasteiger partial charge on any atom is -0.394 e. The molecule has 0 aliphatic rings. The molecule has 2 nitrogen and oxygen atoms in total. The van der Waals surface area contributed by atoms with Crippen LogP contribution in [0, 0.1) is 0 Å². The SMILES string of the molecule is CC(C)O.Cl.NCc1ccccc1. The van der Waals surface area contributed by atoms with Crippen LogP contribution in [0.15, 0.2) is 30.3 Å². The highest BCUT2D eigenvalue weighted by Gasteiger charge is 1.80. The highest BCUT2D eigenvalue weighted by atomic mass is 35.5. The van der Waals surface area contributed by atoms with Gasteiger partial charge in [-0.3, -0.25) is 0 Å². The van der Waals surface area contributed by atoms with E-state index in [0.29, 0.717) is 6.54 Å². The van der Waals surface area contributed by atoms with Gasteiger partial charge in [-0.1, -0.05) is 30.3 Å². The van der Waals surface area contributed by atoms with Gasteiger partial charge in [0.25, 0.3) is 0 Å². The van der Waals surface area contributed by atoms with E-state index in [1.807, 2.05) is 30.3 Å². The molecule has 0 heterocycles. The molecule has 0 spiro atoms. The zero-order valence-electron chi connectivity index (χ0n) is 8.10. The second kappa shape index (κ2) is 9.52. The molecule has 0 unspecified atom stereocenters. The molecule has 3 N–H and O–H groups in total. The molecule has 3 heteroatoms. The molecule has 0 bridgehead atoms. The van der Waals surface area contributed by atoms with E-state index >= 15 is 0 Å². The molecule has 0 saturated heterocycles. The molecule has 1 aromatic carbocycles. The normalized spacial score (nSPS) is 8.38. The van der Waals surface area contributed by atoms with Crippen molar-refractivity contribution < 1.29 is 5.11 Å². The molecule has 0 aromatic heterocycles. The van der Waals surface area contributed by atoms with Crippen LogP contribution in [0.4, 0.5) is 0 Å². The summed E-state index contributed by atoms with van der Waals surface area (Å²) < 4.78 is 0. The zero-order chi connectivity index (χ0) is 9.40. The van der Waals surface area contributed by atoms with Crippen molar-refractivity contribution in [2.75, 3.05) is 0 Å². The molecule has 0 aliphatic carbocycles. The van der Waals surface area contributed by atoms with Crippen LogP contribution in [0.5, 0.6) is 0 Å². The Labute approximate surface area is 86.2 Å². The average Bonchev–Trinajstić information content (AvgIpc) is 2.05. The summed E-state index contributed by atoms with van der Waals surface area (Å²) in [6.45, 7) is 4.08. The van der Waals surface area contributed by atoms with E-state index in [0.717, 1.165) is 0 Å². The minimum atomic E-state index is -0.167. The molecule has 0 saturated carbocycles. The Morgan fingerprint density at radius 2 is 1.62 bits per heavy atom. The fraction of sp³-hybridized carbons (Fsp3) is 0.400. The summed E-state index contributed by atoms with van der Waals surface area (Å²) in [5, 5.41) is 8.06. The summed E-state index contributed by atoms with van der Waals surface area (Å²) in [6, 6.07) is 9.99. The van der Waals surface area contributed by atoms with E-state index < -0.39 is 0 Å².